The predicted molar refractivity (Wildman–Crippen MR) is 52.3 cm³/mol. The van der Waals surface area contributed by atoms with Crippen molar-refractivity contribution in [3.8, 4) is 0 Å². The first-order chi connectivity index (χ1) is 6.72. The van der Waals surface area contributed by atoms with Crippen molar-refractivity contribution in [1.82, 2.24) is 9.30 Å². The molecular weight excluding hydrogens is 204 g/mol. The Balaban J connectivity index is 2.57. The van der Waals surface area contributed by atoms with Crippen molar-refractivity contribution in [1.29, 1.82) is 0 Å². The van der Waals surface area contributed by atoms with Gasteiger partial charge in [0.25, 0.3) is 0 Å². The largest absolute Gasteiger partial charge is 0.465 e. The quantitative estimate of drug-likeness (QED) is 0.675. The van der Waals surface area contributed by atoms with E-state index in [0.717, 1.165) is 10.9 Å². The van der Waals surface area contributed by atoms with E-state index < -0.39 is 0 Å². The van der Waals surface area contributed by atoms with Gasteiger partial charge in [0.1, 0.15) is 0 Å². The topological polar surface area (TPSA) is 44.1 Å². The zero-order valence-corrected chi connectivity index (χ0v) is 8.15. The van der Waals surface area contributed by atoms with Crippen LogP contribution in [0.1, 0.15) is 10.4 Å². The molecule has 0 atom stereocenters. The molecule has 2 rings (SSSR count). The summed E-state index contributed by atoms with van der Waals surface area (Å²) < 4.78 is 5.83. The Morgan fingerprint density at radius 3 is 3.07 bits per heavy atom. The molecule has 2 aromatic rings. The molecule has 0 spiro atoms. The van der Waals surface area contributed by atoms with Crippen LogP contribution < -0.4 is 0 Å². The zero-order chi connectivity index (χ0) is 10.1. The van der Waals surface area contributed by atoms with Crippen LogP contribution in [0.2, 0.25) is 0 Å². The summed E-state index contributed by atoms with van der Waals surface area (Å²) in [5.41, 5.74) is 1.25. The molecule has 0 N–H and O–H groups in total. The average Bonchev–Trinajstić information content (AvgIpc) is 2.59. The molecule has 0 amide bonds. The van der Waals surface area contributed by atoms with Crippen molar-refractivity contribution < 1.29 is 9.53 Å². The highest BCUT2D eigenvalue weighted by molar-refractivity contribution is 6.18. The molecule has 1 heterocycles. The standard InChI is InChI=1S/C9H7ClN2O2/c1-14-9(13)6-2-3-8-7(4-6)5-11-12(8)10/h2-5H,1H3. The number of halogens is 1. The van der Waals surface area contributed by atoms with Crippen LogP contribution >= 0.6 is 11.8 Å². The minimum Gasteiger partial charge on any atom is -0.465 e. The normalized spacial score (nSPS) is 10.4. The highest BCUT2D eigenvalue weighted by Crippen LogP contribution is 2.16. The van der Waals surface area contributed by atoms with Gasteiger partial charge >= 0.3 is 5.97 Å². The molecule has 0 fully saturated rings. The van der Waals surface area contributed by atoms with Crippen LogP contribution in [0.15, 0.2) is 24.4 Å². The molecule has 0 aliphatic heterocycles. The lowest BCUT2D eigenvalue weighted by molar-refractivity contribution is 0.0601. The Labute approximate surface area is 85.1 Å². The van der Waals surface area contributed by atoms with Crippen LogP contribution in [0.5, 0.6) is 0 Å². The summed E-state index contributed by atoms with van der Waals surface area (Å²) in [6.07, 6.45) is 1.59. The predicted octanol–water partition coefficient (Wildman–Crippen LogP) is 1.82. The number of hydrogen-bond donors (Lipinski definition) is 0. The van der Waals surface area contributed by atoms with Gasteiger partial charge in [0, 0.05) is 17.2 Å². The molecule has 0 saturated carbocycles. The first-order valence-corrected chi connectivity index (χ1v) is 4.28. The van der Waals surface area contributed by atoms with Gasteiger partial charge in [-0.15, -0.1) is 0 Å². The van der Waals surface area contributed by atoms with E-state index in [-0.39, 0.29) is 5.97 Å². The molecule has 0 saturated heterocycles. The first-order valence-electron chi connectivity index (χ1n) is 3.94. The summed E-state index contributed by atoms with van der Waals surface area (Å²) in [4.78, 5) is 11.2. The molecular formula is C9H7ClN2O2. The van der Waals surface area contributed by atoms with Crippen LogP contribution in [0, 0.1) is 0 Å². The lowest BCUT2D eigenvalue weighted by Crippen LogP contribution is -2.00. The van der Waals surface area contributed by atoms with E-state index in [1.807, 2.05) is 0 Å². The summed E-state index contributed by atoms with van der Waals surface area (Å²) in [6, 6.07) is 5.06. The zero-order valence-electron chi connectivity index (χ0n) is 7.40. The van der Waals surface area contributed by atoms with Crippen LogP contribution in [0.4, 0.5) is 0 Å². The van der Waals surface area contributed by atoms with E-state index in [1.165, 1.54) is 11.3 Å². The minimum atomic E-state index is -0.366. The van der Waals surface area contributed by atoms with E-state index in [1.54, 1.807) is 24.4 Å². The first kappa shape index (κ1) is 9.02. The van der Waals surface area contributed by atoms with Gasteiger partial charge in [0.05, 0.1) is 24.4 Å². The number of carbonyl (C=O) groups excluding carboxylic acids is 1. The van der Waals surface area contributed by atoms with Gasteiger partial charge in [-0.2, -0.15) is 9.30 Å². The molecule has 1 aromatic heterocycles. The molecule has 0 unspecified atom stereocenters. The van der Waals surface area contributed by atoms with E-state index in [0.29, 0.717) is 5.56 Å². The fourth-order valence-corrected chi connectivity index (χ4v) is 1.44. The number of rotatable bonds is 1. The highest BCUT2D eigenvalue weighted by Gasteiger charge is 2.07. The van der Waals surface area contributed by atoms with E-state index >= 15 is 0 Å². The Kier molecular flexibility index (Phi) is 2.13. The molecule has 0 aliphatic rings. The highest BCUT2D eigenvalue weighted by atomic mass is 35.5. The number of hydrogen-bond acceptors (Lipinski definition) is 3. The molecule has 5 heteroatoms. The molecule has 0 radical (unpaired) electrons. The van der Waals surface area contributed by atoms with Gasteiger partial charge in [0.2, 0.25) is 0 Å². The molecule has 4 nitrogen and oxygen atoms in total. The SMILES string of the molecule is COC(=O)c1ccc2c(cnn2Cl)c1. The maximum absolute atomic E-state index is 11.2. The molecule has 72 valence electrons. The summed E-state index contributed by atoms with van der Waals surface area (Å²) in [6.45, 7) is 0. The van der Waals surface area contributed by atoms with Gasteiger partial charge in [0.15, 0.2) is 0 Å². The molecule has 1 aromatic carbocycles. The fourth-order valence-electron chi connectivity index (χ4n) is 1.25. The van der Waals surface area contributed by atoms with Gasteiger partial charge in [-0.3, -0.25) is 0 Å². The third-order valence-electron chi connectivity index (χ3n) is 1.95. The second kappa shape index (κ2) is 3.31. The molecule has 0 aliphatic carbocycles. The third-order valence-corrected chi connectivity index (χ3v) is 2.22. The van der Waals surface area contributed by atoms with Crippen LogP contribution in [-0.4, -0.2) is 22.4 Å². The van der Waals surface area contributed by atoms with Gasteiger partial charge < -0.3 is 4.74 Å². The average molecular weight is 211 g/mol. The van der Waals surface area contributed by atoms with Crippen molar-refractivity contribution in [3.63, 3.8) is 0 Å². The second-order valence-corrected chi connectivity index (χ2v) is 3.09. The van der Waals surface area contributed by atoms with Crippen molar-refractivity contribution in [2.24, 2.45) is 0 Å². The van der Waals surface area contributed by atoms with Crippen molar-refractivity contribution in [2.75, 3.05) is 7.11 Å². The maximum atomic E-state index is 11.2. The summed E-state index contributed by atoms with van der Waals surface area (Å²) in [7, 11) is 1.34. The van der Waals surface area contributed by atoms with Crippen molar-refractivity contribution in [3.05, 3.63) is 30.0 Å². The van der Waals surface area contributed by atoms with Crippen molar-refractivity contribution in [2.45, 2.75) is 0 Å². The number of benzene rings is 1. The summed E-state index contributed by atoms with van der Waals surface area (Å²) in [5, 5.41) is 4.66. The number of esters is 1. The summed E-state index contributed by atoms with van der Waals surface area (Å²) in [5.74, 6) is -0.366. The third kappa shape index (κ3) is 1.33. The molecule has 14 heavy (non-hydrogen) atoms. The number of ether oxygens (including phenoxy) is 1. The van der Waals surface area contributed by atoms with Gasteiger partial charge in [-0.25, -0.2) is 4.79 Å². The monoisotopic (exact) mass is 210 g/mol. The maximum Gasteiger partial charge on any atom is 0.337 e. The van der Waals surface area contributed by atoms with Crippen LogP contribution in [-0.2, 0) is 4.74 Å². The fraction of sp³-hybridized carbons (Fsp3) is 0.111. The smallest absolute Gasteiger partial charge is 0.337 e. The van der Waals surface area contributed by atoms with E-state index in [4.69, 9.17) is 11.8 Å². The van der Waals surface area contributed by atoms with Crippen LogP contribution in [0.25, 0.3) is 10.9 Å². The van der Waals surface area contributed by atoms with Crippen LogP contribution in [0.3, 0.4) is 0 Å². The Hall–Kier alpha value is -1.55. The number of methoxy groups -OCH3 is 1. The Bertz CT molecular complexity index is 493. The lowest BCUT2D eigenvalue weighted by Gasteiger charge is -1.98. The number of carbonyl (C=O) groups is 1. The van der Waals surface area contributed by atoms with Gasteiger partial charge in [-0.1, -0.05) is 0 Å². The minimum absolute atomic E-state index is 0.366. The van der Waals surface area contributed by atoms with E-state index in [9.17, 15) is 4.79 Å². The Morgan fingerprint density at radius 1 is 1.57 bits per heavy atom. The van der Waals surface area contributed by atoms with Gasteiger partial charge in [-0.05, 0) is 18.2 Å². The number of aromatic nitrogens is 2. The number of fused-ring (bicyclic) bond motifs is 1. The van der Waals surface area contributed by atoms with Crippen molar-refractivity contribution >= 4 is 28.6 Å². The van der Waals surface area contributed by atoms with E-state index in [2.05, 4.69) is 9.84 Å². The second-order valence-electron chi connectivity index (χ2n) is 2.77. The summed E-state index contributed by atoms with van der Waals surface area (Å²) >= 11 is 5.73. The lowest BCUT2D eigenvalue weighted by atomic mass is 10.2. The Morgan fingerprint density at radius 2 is 2.36 bits per heavy atom. The molecule has 0 bridgehead atoms. The number of nitrogens with zero attached hydrogens (tertiary/aromatic N) is 2.